The molecule has 1 aliphatic heterocycles. The molecule has 19 heavy (non-hydrogen) atoms. The molecule has 0 fully saturated rings. The molecule has 0 unspecified atom stereocenters. The van der Waals surface area contributed by atoms with Crippen molar-refractivity contribution in [3.8, 4) is 11.5 Å². The van der Waals surface area contributed by atoms with Gasteiger partial charge >= 0.3 is 0 Å². The van der Waals surface area contributed by atoms with Crippen molar-refractivity contribution in [2.75, 3.05) is 32.8 Å². The van der Waals surface area contributed by atoms with Crippen LogP contribution in [0, 0.1) is 0 Å². The summed E-state index contributed by atoms with van der Waals surface area (Å²) in [6, 6.07) is 6.24. The molecule has 4 heteroatoms. The average Bonchev–Trinajstić information content (AvgIpc) is 2.67. The third kappa shape index (κ3) is 4.73. The summed E-state index contributed by atoms with van der Waals surface area (Å²) in [4.78, 5) is 0. The van der Waals surface area contributed by atoms with E-state index in [9.17, 15) is 0 Å². The maximum absolute atomic E-state index is 5.69. The maximum Gasteiger partial charge on any atom is 0.161 e. The first-order valence-corrected chi connectivity index (χ1v) is 7.19. The van der Waals surface area contributed by atoms with Crippen LogP contribution in [0.15, 0.2) is 18.2 Å². The van der Waals surface area contributed by atoms with Gasteiger partial charge < -0.3 is 20.5 Å². The molecule has 0 spiro atoms. The Bertz CT molecular complexity index is 382. The molecular weight excluding hydrogens is 240 g/mol. The van der Waals surface area contributed by atoms with Crippen LogP contribution >= 0.6 is 0 Å². The van der Waals surface area contributed by atoms with Gasteiger partial charge in [0, 0.05) is 6.42 Å². The number of benzene rings is 1. The molecule has 1 aromatic carbocycles. The van der Waals surface area contributed by atoms with Gasteiger partial charge in [-0.05, 0) is 56.6 Å². The van der Waals surface area contributed by atoms with Crippen LogP contribution in [0.1, 0.15) is 24.8 Å². The molecule has 4 nitrogen and oxygen atoms in total. The topological polar surface area (TPSA) is 56.5 Å². The van der Waals surface area contributed by atoms with Gasteiger partial charge in [-0.3, -0.25) is 0 Å². The average molecular weight is 264 g/mol. The number of ether oxygens (including phenoxy) is 2. The third-order valence-corrected chi connectivity index (χ3v) is 3.21. The van der Waals surface area contributed by atoms with Crippen LogP contribution in [-0.4, -0.2) is 32.8 Å². The number of rotatable bonds is 7. The highest BCUT2D eigenvalue weighted by molar-refractivity contribution is 5.43. The molecule has 0 atom stereocenters. The fraction of sp³-hybridized carbons (Fsp3) is 0.600. The second-order valence-electron chi connectivity index (χ2n) is 4.83. The lowest BCUT2D eigenvalue weighted by Crippen LogP contribution is -2.19. The van der Waals surface area contributed by atoms with E-state index in [1.165, 1.54) is 5.56 Å². The van der Waals surface area contributed by atoms with Gasteiger partial charge in [-0.15, -0.1) is 0 Å². The van der Waals surface area contributed by atoms with Gasteiger partial charge in [-0.2, -0.15) is 0 Å². The first-order valence-electron chi connectivity index (χ1n) is 7.19. The van der Waals surface area contributed by atoms with E-state index in [0.29, 0.717) is 0 Å². The Morgan fingerprint density at radius 2 is 1.89 bits per heavy atom. The van der Waals surface area contributed by atoms with Gasteiger partial charge in [0.1, 0.15) is 0 Å². The Morgan fingerprint density at radius 1 is 1.05 bits per heavy atom. The molecule has 0 aromatic heterocycles. The summed E-state index contributed by atoms with van der Waals surface area (Å²) in [5.41, 5.74) is 6.75. The van der Waals surface area contributed by atoms with Gasteiger partial charge in [-0.25, -0.2) is 0 Å². The van der Waals surface area contributed by atoms with Crippen LogP contribution in [0.3, 0.4) is 0 Å². The molecule has 1 heterocycles. The molecule has 0 aliphatic carbocycles. The molecular formula is C15H24N2O2. The largest absolute Gasteiger partial charge is 0.490 e. The number of hydrogen-bond acceptors (Lipinski definition) is 4. The molecule has 3 N–H and O–H groups in total. The molecule has 2 rings (SSSR count). The first-order chi connectivity index (χ1) is 9.40. The van der Waals surface area contributed by atoms with Gasteiger partial charge in [-0.1, -0.05) is 6.07 Å². The normalized spacial score (nSPS) is 14.2. The minimum Gasteiger partial charge on any atom is -0.490 e. The quantitative estimate of drug-likeness (QED) is 0.736. The minimum absolute atomic E-state index is 0.744. The van der Waals surface area contributed by atoms with Crippen molar-refractivity contribution < 1.29 is 9.47 Å². The van der Waals surface area contributed by atoms with E-state index < -0.39 is 0 Å². The fourth-order valence-electron chi connectivity index (χ4n) is 2.12. The molecule has 0 saturated heterocycles. The zero-order valence-corrected chi connectivity index (χ0v) is 11.5. The molecule has 106 valence electrons. The van der Waals surface area contributed by atoms with Crippen molar-refractivity contribution in [3.05, 3.63) is 23.8 Å². The lowest BCUT2D eigenvalue weighted by molar-refractivity contribution is 0.297. The summed E-state index contributed by atoms with van der Waals surface area (Å²) < 4.78 is 11.3. The van der Waals surface area contributed by atoms with Crippen LogP contribution in [0.25, 0.3) is 0 Å². The highest BCUT2D eigenvalue weighted by atomic mass is 16.5. The van der Waals surface area contributed by atoms with Crippen molar-refractivity contribution in [3.63, 3.8) is 0 Å². The number of fused-ring (bicyclic) bond motifs is 1. The van der Waals surface area contributed by atoms with E-state index in [1.807, 2.05) is 6.07 Å². The Morgan fingerprint density at radius 3 is 2.74 bits per heavy atom. The van der Waals surface area contributed by atoms with Gasteiger partial charge in [0.2, 0.25) is 0 Å². The van der Waals surface area contributed by atoms with E-state index in [4.69, 9.17) is 15.2 Å². The monoisotopic (exact) mass is 264 g/mol. The summed E-state index contributed by atoms with van der Waals surface area (Å²) in [5, 5.41) is 3.43. The van der Waals surface area contributed by atoms with Crippen LogP contribution in [0.4, 0.5) is 0 Å². The second-order valence-corrected chi connectivity index (χ2v) is 4.83. The van der Waals surface area contributed by atoms with Crippen molar-refractivity contribution in [1.29, 1.82) is 0 Å². The number of hydrogen-bond donors (Lipinski definition) is 2. The van der Waals surface area contributed by atoms with Crippen LogP contribution in [0.2, 0.25) is 0 Å². The Hall–Kier alpha value is -1.26. The van der Waals surface area contributed by atoms with E-state index in [1.54, 1.807) is 0 Å². The molecule has 0 amide bonds. The molecule has 0 radical (unpaired) electrons. The lowest BCUT2D eigenvalue weighted by atomic mass is 10.1. The predicted molar refractivity (Wildman–Crippen MR) is 76.9 cm³/mol. The first kappa shape index (κ1) is 14.2. The molecule has 1 aliphatic rings. The molecule has 1 aromatic rings. The smallest absolute Gasteiger partial charge is 0.161 e. The second kappa shape index (κ2) is 8.02. The predicted octanol–water partition coefficient (Wildman–Crippen LogP) is 1.72. The number of nitrogens with one attached hydrogen (secondary N) is 1. The Kier molecular flexibility index (Phi) is 5.98. The number of unbranched alkanes of at least 4 members (excludes halogenated alkanes) is 1. The van der Waals surface area contributed by atoms with Gasteiger partial charge in [0.25, 0.3) is 0 Å². The van der Waals surface area contributed by atoms with Gasteiger partial charge in [0.15, 0.2) is 11.5 Å². The number of nitrogens with two attached hydrogens (primary N) is 1. The molecule has 0 bridgehead atoms. The zero-order chi connectivity index (χ0) is 13.3. The zero-order valence-electron chi connectivity index (χ0n) is 11.5. The molecule has 0 saturated carbocycles. The maximum atomic E-state index is 5.69. The van der Waals surface area contributed by atoms with Crippen LogP contribution in [0.5, 0.6) is 11.5 Å². The Labute approximate surface area is 115 Å². The highest BCUT2D eigenvalue weighted by Crippen LogP contribution is 2.30. The minimum atomic E-state index is 0.744. The fourth-order valence-corrected chi connectivity index (χ4v) is 2.12. The van der Waals surface area contributed by atoms with Crippen molar-refractivity contribution in [2.24, 2.45) is 5.73 Å². The van der Waals surface area contributed by atoms with E-state index in [2.05, 4.69) is 17.4 Å². The van der Waals surface area contributed by atoms with Gasteiger partial charge in [0.05, 0.1) is 13.2 Å². The standard InChI is InChI=1S/C15H24N2O2/c16-7-1-2-8-17-9-6-13-4-5-14-15(12-13)19-11-3-10-18-14/h4-5,12,17H,1-3,6-11,16H2. The summed E-state index contributed by atoms with van der Waals surface area (Å²) in [5.74, 6) is 1.76. The summed E-state index contributed by atoms with van der Waals surface area (Å²) in [6.07, 6.45) is 4.21. The van der Waals surface area contributed by atoms with E-state index in [0.717, 1.165) is 70.0 Å². The summed E-state index contributed by atoms with van der Waals surface area (Å²) >= 11 is 0. The summed E-state index contributed by atoms with van der Waals surface area (Å²) in [6.45, 7) is 4.30. The van der Waals surface area contributed by atoms with Crippen molar-refractivity contribution >= 4 is 0 Å². The van der Waals surface area contributed by atoms with Crippen LogP contribution in [-0.2, 0) is 6.42 Å². The van der Waals surface area contributed by atoms with Crippen molar-refractivity contribution in [1.82, 2.24) is 5.32 Å². The highest BCUT2D eigenvalue weighted by Gasteiger charge is 2.10. The lowest BCUT2D eigenvalue weighted by Gasteiger charge is -2.09. The summed E-state index contributed by atoms with van der Waals surface area (Å²) in [7, 11) is 0. The third-order valence-electron chi connectivity index (χ3n) is 3.21. The SMILES string of the molecule is NCCCCNCCc1ccc2c(c1)OCCCO2. The van der Waals surface area contributed by atoms with Crippen LogP contribution < -0.4 is 20.5 Å². The van der Waals surface area contributed by atoms with E-state index in [-0.39, 0.29) is 0 Å². The van der Waals surface area contributed by atoms with Crippen molar-refractivity contribution in [2.45, 2.75) is 25.7 Å². The Balaban J connectivity index is 1.76. The van der Waals surface area contributed by atoms with E-state index >= 15 is 0 Å².